The number of urea groups is 1. The van der Waals surface area contributed by atoms with E-state index in [1.54, 1.807) is 16.2 Å². The van der Waals surface area contributed by atoms with Crippen molar-refractivity contribution in [1.29, 1.82) is 0 Å². The minimum Gasteiger partial charge on any atom is -0.481 e. The molecular formula is C13H20N2O3S. The molecule has 1 rings (SSSR count). The Labute approximate surface area is 117 Å². The van der Waals surface area contributed by atoms with Gasteiger partial charge in [0.1, 0.15) is 0 Å². The first-order valence-corrected chi connectivity index (χ1v) is 7.22. The number of carbonyl (C=O) groups is 2. The normalized spacial score (nSPS) is 10.5. The standard InChI is InChI=1S/C13H20N2O3S/c1-10(2)15(7-4-12(16)17)13(18)14-6-3-11-5-8-19-9-11/h5,8-10H,3-4,6-7H2,1-2H3,(H,14,18)(H,16,17). The highest BCUT2D eigenvalue weighted by molar-refractivity contribution is 7.07. The summed E-state index contributed by atoms with van der Waals surface area (Å²) >= 11 is 1.63. The van der Waals surface area contributed by atoms with Gasteiger partial charge in [-0.25, -0.2) is 4.79 Å². The van der Waals surface area contributed by atoms with Crippen LogP contribution in [0, 0.1) is 0 Å². The van der Waals surface area contributed by atoms with Gasteiger partial charge >= 0.3 is 12.0 Å². The lowest BCUT2D eigenvalue weighted by Gasteiger charge is -2.26. The maximum Gasteiger partial charge on any atom is 0.317 e. The van der Waals surface area contributed by atoms with E-state index >= 15 is 0 Å². The third-order valence-corrected chi connectivity index (χ3v) is 3.45. The first kappa shape index (κ1) is 15.5. The van der Waals surface area contributed by atoms with E-state index in [2.05, 4.69) is 10.7 Å². The van der Waals surface area contributed by atoms with Gasteiger partial charge in [0.25, 0.3) is 0 Å². The summed E-state index contributed by atoms with van der Waals surface area (Å²) < 4.78 is 0. The van der Waals surface area contributed by atoms with E-state index in [-0.39, 0.29) is 25.0 Å². The highest BCUT2D eigenvalue weighted by atomic mass is 32.1. The van der Waals surface area contributed by atoms with Crippen LogP contribution in [0.15, 0.2) is 16.8 Å². The van der Waals surface area contributed by atoms with Crippen LogP contribution in [0.3, 0.4) is 0 Å². The molecule has 0 fully saturated rings. The Kier molecular flexibility index (Phi) is 6.35. The Morgan fingerprint density at radius 1 is 1.47 bits per heavy atom. The number of amides is 2. The fourth-order valence-electron chi connectivity index (χ4n) is 1.66. The zero-order valence-corrected chi connectivity index (χ0v) is 12.1. The molecule has 1 aromatic heterocycles. The van der Waals surface area contributed by atoms with Gasteiger partial charge in [0, 0.05) is 19.1 Å². The molecule has 6 heteroatoms. The van der Waals surface area contributed by atoms with Crippen molar-refractivity contribution in [2.45, 2.75) is 32.7 Å². The Morgan fingerprint density at radius 3 is 2.74 bits per heavy atom. The average molecular weight is 284 g/mol. The summed E-state index contributed by atoms with van der Waals surface area (Å²) in [5, 5.41) is 15.6. The number of hydrogen-bond donors (Lipinski definition) is 2. The van der Waals surface area contributed by atoms with Crippen LogP contribution in [0.2, 0.25) is 0 Å². The van der Waals surface area contributed by atoms with Gasteiger partial charge in [-0.1, -0.05) is 0 Å². The minimum atomic E-state index is -0.892. The van der Waals surface area contributed by atoms with Crippen LogP contribution in [-0.2, 0) is 11.2 Å². The van der Waals surface area contributed by atoms with Crippen molar-refractivity contribution in [2.24, 2.45) is 0 Å². The van der Waals surface area contributed by atoms with Gasteiger partial charge in [-0.3, -0.25) is 4.79 Å². The summed E-state index contributed by atoms with van der Waals surface area (Å²) in [6.07, 6.45) is 0.760. The molecule has 0 saturated heterocycles. The first-order chi connectivity index (χ1) is 9.00. The van der Waals surface area contributed by atoms with Gasteiger partial charge in [0.15, 0.2) is 0 Å². The molecule has 106 valence electrons. The smallest absolute Gasteiger partial charge is 0.317 e. The van der Waals surface area contributed by atoms with Gasteiger partial charge in [-0.2, -0.15) is 11.3 Å². The number of thiophene rings is 1. The number of carbonyl (C=O) groups excluding carboxylic acids is 1. The van der Waals surface area contributed by atoms with Crippen LogP contribution in [0.25, 0.3) is 0 Å². The summed E-state index contributed by atoms with van der Waals surface area (Å²) in [5.74, 6) is -0.892. The molecule has 19 heavy (non-hydrogen) atoms. The molecule has 0 spiro atoms. The van der Waals surface area contributed by atoms with Crippen molar-refractivity contribution in [3.8, 4) is 0 Å². The molecule has 0 atom stereocenters. The van der Waals surface area contributed by atoms with Crippen LogP contribution in [0.5, 0.6) is 0 Å². The molecular weight excluding hydrogens is 264 g/mol. The highest BCUT2D eigenvalue weighted by Crippen LogP contribution is 2.06. The maximum absolute atomic E-state index is 12.0. The summed E-state index contributed by atoms with van der Waals surface area (Å²) in [4.78, 5) is 24.1. The van der Waals surface area contributed by atoms with E-state index in [0.717, 1.165) is 6.42 Å². The van der Waals surface area contributed by atoms with Crippen molar-refractivity contribution in [2.75, 3.05) is 13.1 Å². The summed E-state index contributed by atoms with van der Waals surface area (Å²) in [6.45, 7) is 4.55. The summed E-state index contributed by atoms with van der Waals surface area (Å²) in [7, 11) is 0. The van der Waals surface area contributed by atoms with Crippen LogP contribution in [-0.4, -0.2) is 41.1 Å². The molecule has 1 heterocycles. The zero-order chi connectivity index (χ0) is 14.3. The Hall–Kier alpha value is -1.56. The lowest BCUT2D eigenvalue weighted by Crippen LogP contribution is -2.45. The van der Waals surface area contributed by atoms with E-state index in [0.29, 0.717) is 6.54 Å². The molecule has 5 nitrogen and oxygen atoms in total. The molecule has 2 N–H and O–H groups in total. The molecule has 0 aromatic carbocycles. The van der Waals surface area contributed by atoms with E-state index in [9.17, 15) is 9.59 Å². The summed E-state index contributed by atoms with van der Waals surface area (Å²) in [6, 6.07) is 1.81. The van der Waals surface area contributed by atoms with Crippen molar-refractivity contribution >= 4 is 23.3 Å². The fraction of sp³-hybridized carbons (Fsp3) is 0.538. The predicted molar refractivity (Wildman–Crippen MR) is 75.5 cm³/mol. The second-order valence-electron chi connectivity index (χ2n) is 4.54. The Balaban J connectivity index is 2.36. The van der Waals surface area contributed by atoms with E-state index in [4.69, 9.17) is 5.11 Å². The zero-order valence-electron chi connectivity index (χ0n) is 11.3. The number of nitrogens with zero attached hydrogens (tertiary/aromatic N) is 1. The lowest BCUT2D eigenvalue weighted by atomic mass is 10.2. The van der Waals surface area contributed by atoms with Crippen LogP contribution < -0.4 is 5.32 Å². The van der Waals surface area contributed by atoms with Crippen molar-refractivity contribution < 1.29 is 14.7 Å². The van der Waals surface area contributed by atoms with Crippen molar-refractivity contribution in [1.82, 2.24) is 10.2 Å². The Bertz CT molecular complexity index is 404. The van der Waals surface area contributed by atoms with E-state index in [1.807, 2.05) is 25.3 Å². The fourth-order valence-corrected chi connectivity index (χ4v) is 2.36. The second-order valence-corrected chi connectivity index (χ2v) is 5.32. The van der Waals surface area contributed by atoms with Crippen molar-refractivity contribution in [3.05, 3.63) is 22.4 Å². The largest absolute Gasteiger partial charge is 0.481 e. The van der Waals surface area contributed by atoms with Gasteiger partial charge < -0.3 is 15.3 Å². The molecule has 0 radical (unpaired) electrons. The Morgan fingerprint density at radius 2 is 2.21 bits per heavy atom. The number of hydrogen-bond acceptors (Lipinski definition) is 3. The lowest BCUT2D eigenvalue weighted by molar-refractivity contribution is -0.137. The quantitative estimate of drug-likeness (QED) is 0.806. The maximum atomic E-state index is 12.0. The van der Waals surface area contributed by atoms with E-state index < -0.39 is 5.97 Å². The van der Waals surface area contributed by atoms with Gasteiger partial charge in [0.2, 0.25) is 0 Å². The molecule has 0 aliphatic carbocycles. The molecule has 1 aromatic rings. The third kappa shape index (κ3) is 5.74. The topological polar surface area (TPSA) is 69.6 Å². The molecule has 0 saturated carbocycles. The van der Waals surface area contributed by atoms with Crippen molar-refractivity contribution in [3.63, 3.8) is 0 Å². The molecule has 0 bridgehead atoms. The second kappa shape index (κ2) is 7.78. The van der Waals surface area contributed by atoms with Crippen LogP contribution >= 0.6 is 11.3 Å². The minimum absolute atomic E-state index is 0.0134. The number of carboxylic acid groups (broad SMARTS) is 1. The molecule has 0 unspecified atom stereocenters. The highest BCUT2D eigenvalue weighted by Gasteiger charge is 2.17. The SMILES string of the molecule is CC(C)N(CCC(=O)O)C(=O)NCCc1ccsc1. The molecule has 2 amide bonds. The average Bonchev–Trinajstić information content (AvgIpc) is 2.81. The molecule has 0 aliphatic heterocycles. The third-order valence-electron chi connectivity index (χ3n) is 2.72. The van der Waals surface area contributed by atoms with Crippen LogP contribution in [0.4, 0.5) is 4.79 Å². The number of nitrogens with one attached hydrogen (secondary N) is 1. The number of aliphatic carboxylic acids is 1. The van der Waals surface area contributed by atoms with Crippen LogP contribution in [0.1, 0.15) is 25.8 Å². The summed E-state index contributed by atoms with van der Waals surface area (Å²) in [5.41, 5.74) is 1.20. The molecule has 0 aliphatic rings. The monoisotopic (exact) mass is 284 g/mol. The number of carboxylic acids is 1. The van der Waals surface area contributed by atoms with E-state index in [1.165, 1.54) is 5.56 Å². The predicted octanol–water partition coefficient (Wildman–Crippen LogP) is 2.19. The van der Waals surface area contributed by atoms with Gasteiger partial charge in [0.05, 0.1) is 6.42 Å². The van der Waals surface area contributed by atoms with Gasteiger partial charge in [-0.05, 0) is 42.7 Å². The number of rotatable bonds is 7. The van der Waals surface area contributed by atoms with Gasteiger partial charge in [-0.15, -0.1) is 0 Å². The first-order valence-electron chi connectivity index (χ1n) is 6.28.